The molecule has 5 heteroatoms. The molecule has 0 aliphatic carbocycles. The van der Waals surface area contributed by atoms with Crippen LogP contribution in [0.2, 0.25) is 0 Å². The Balaban J connectivity index is 2.09. The van der Waals surface area contributed by atoms with Crippen LogP contribution in [0.4, 0.5) is 11.4 Å². The number of benzene rings is 2. The number of hydrogen-bond acceptors (Lipinski definition) is 2. The van der Waals surface area contributed by atoms with Crippen LogP contribution in [0, 0.1) is 20.8 Å². The number of carbonyl (C=O) groups excluding carboxylic acids is 2. The molecule has 0 radical (unpaired) electrons. The van der Waals surface area contributed by atoms with Gasteiger partial charge in [0.2, 0.25) is 0 Å². The van der Waals surface area contributed by atoms with Gasteiger partial charge in [-0.15, -0.1) is 0 Å². The van der Waals surface area contributed by atoms with Crippen molar-refractivity contribution in [1.82, 2.24) is 0 Å². The molecule has 0 saturated carbocycles. The summed E-state index contributed by atoms with van der Waals surface area (Å²) < 4.78 is 0.875. The van der Waals surface area contributed by atoms with E-state index < -0.39 is 11.8 Å². The minimum atomic E-state index is -0.696. The van der Waals surface area contributed by atoms with Gasteiger partial charge in [-0.3, -0.25) is 9.59 Å². The van der Waals surface area contributed by atoms with Gasteiger partial charge >= 0.3 is 11.8 Å². The first kappa shape index (κ1) is 16.2. The van der Waals surface area contributed by atoms with Gasteiger partial charge in [0.05, 0.1) is 0 Å². The van der Waals surface area contributed by atoms with E-state index in [1.807, 2.05) is 45.0 Å². The Morgan fingerprint density at radius 3 is 2.05 bits per heavy atom. The van der Waals surface area contributed by atoms with E-state index in [1.54, 1.807) is 12.1 Å². The molecule has 0 unspecified atom stereocenters. The summed E-state index contributed by atoms with van der Waals surface area (Å²) in [5.74, 6) is -1.38. The topological polar surface area (TPSA) is 58.2 Å². The predicted molar refractivity (Wildman–Crippen MR) is 92.1 cm³/mol. The summed E-state index contributed by atoms with van der Waals surface area (Å²) in [6, 6.07) is 11.1. The van der Waals surface area contributed by atoms with E-state index in [1.165, 1.54) is 0 Å². The molecule has 0 fully saturated rings. The third-order valence-electron chi connectivity index (χ3n) is 3.36. The minimum absolute atomic E-state index is 0.569. The van der Waals surface area contributed by atoms with Crippen molar-refractivity contribution in [3.63, 3.8) is 0 Å². The fourth-order valence-electron chi connectivity index (χ4n) is 2.04. The Labute approximate surface area is 138 Å². The zero-order valence-electron chi connectivity index (χ0n) is 12.7. The van der Waals surface area contributed by atoms with Crippen LogP contribution < -0.4 is 10.6 Å². The maximum absolute atomic E-state index is 12.0. The average molecular weight is 361 g/mol. The van der Waals surface area contributed by atoms with Gasteiger partial charge in [-0.25, -0.2) is 0 Å². The number of carbonyl (C=O) groups is 2. The molecule has 2 N–H and O–H groups in total. The van der Waals surface area contributed by atoms with Crippen LogP contribution in [-0.4, -0.2) is 11.8 Å². The predicted octanol–water partition coefficient (Wildman–Crippen LogP) is 3.95. The standard InChI is InChI=1S/C17H17BrN2O2/c1-10-7-8-13(9-14(10)18)19-16(21)17(22)20-15-11(2)5-4-6-12(15)3/h4-9H,1-3H3,(H,19,21)(H,20,22). The van der Waals surface area contributed by atoms with Gasteiger partial charge in [0, 0.05) is 15.8 Å². The summed E-state index contributed by atoms with van der Waals surface area (Å²) >= 11 is 3.39. The van der Waals surface area contributed by atoms with Crippen molar-refractivity contribution in [1.29, 1.82) is 0 Å². The molecular formula is C17H17BrN2O2. The highest BCUT2D eigenvalue weighted by Gasteiger charge is 2.16. The smallest absolute Gasteiger partial charge is 0.314 e. The van der Waals surface area contributed by atoms with Gasteiger partial charge < -0.3 is 10.6 Å². The first-order chi connectivity index (χ1) is 10.4. The number of hydrogen-bond donors (Lipinski definition) is 2. The summed E-state index contributed by atoms with van der Waals surface area (Å²) in [6.07, 6.45) is 0. The van der Waals surface area contributed by atoms with E-state index in [2.05, 4.69) is 26.6 Å². The molecule has 4 nitrogen and oxygen atoms in total. The van der Waals surface area contributed by atoms with E-state index in [4.69, 9.17) is 0 Å². The Bertz CT molecular complexity index is 721. The first-order valence-electron chi connectivity index (χ1n) is 6.83. The lowest BCUT2D eigenvalue weighted by Crippen LogP contribution is -2.29. The van der Waals surface area contributed by atoms with Crippen molar-refractivity contribution in [2.75, 3.05) is 10.6 Å². The fraction of sp³-hybridized carbons (Fsp3) is 0.176. The number of halogens is 1. The molecule has 2 aromatic carbocycles. The van der Waals surface area contributed by atoms with E-state index in [-0.39, 0.29) is 0 Å². The van der Waals surface area contributed by atoms with Gasteiger partial charge in [0.25, 0.3) is 0 Å². The summed E-state index contributed by atoms with van der Waals surface area (Å²) in [5, 5.41) is 5.25. The maximum atomic E-state index is 12.0. The molecule has 0 aliphatic rings. The molecule has 0 bridgehead atoms. The molecule has 2 rings (SSSR count). The summed E-state index contributed by atoms with van der Waals surface area (Å²) in [4.78, 5) is 24.0. The normalized spacial score (nSPS) is 10.2. The van der Waals surface area contributed by atoms with Crippen LogP contribution in [0.3, 0.4) is 0 Å². The second kappa shape index (κ2) is 6.75. The van der Waals surface area contributed by atoms with Crippen molar-refractivity contribution < 1.29 is 9.59 Å². The van der Waals surface area contributed by atoms with Crippen LogP contribution in [0.25, 0.3) is 0 Å². The van der Waals surface area contributed by atoms with Gasteiger partial charge in [0.1, 0.15) is 0 Å². The molecule has 114 valence electrons. The van der Waals surface area contributed by atoms with Gasteiger partial charge in [-0.05, 0) is 49.6 Å². The average Bonchev–Trinajstić information content (AvgIpc) is 2.46. The first-order valence-corrected chi connectivity index (χ1v) is 7.62. The second-order valence-corrected chi connectivity index (χ2v) is 5.99. The quantitative estimate of drug-likeness (QED) is 0.796. The highest BCUT2D eigenvalue weighted by molar-refractivity contribution is 9.10. The second-order valence-electron chi connectivity index (χ2n) is 5.14. The number of nitrogens with one attached hydrogen (secondary N) is 2. The van der Waals surface area contributed by atoms with Crippen LogP contribution >= 0.6 is 15.9 Å². The number of rotatable bonds is 2. The Kier molecular flexibility index (Phi) is 4.98. The molecule has 2 aromatic rings. The Morgan fingerprint density at radius 2 is 1.45 bits per heavy atom. The van der Waals surface area contributed by atoms with E-state index >= 15 is 0 Å². The number of para-hydroxylation sites is 1. The van der Waals surface area contributed by atoms with Crippen molar-refractivity contribution in [2.24, 2.45) is 0 Å². The highest BCUT2D eigenvalue weighted by atomic mass is 79.9. The molecule has 0 atom stereocenters. The molecule has 0 heterocycles. The SMILES string of the molecule is Cc1ccc(NC(=O)C(=O)Nc2c(C)cccc2C)cc1Br. The monoisotopic (exact) mass is 360 g/mol. The Morgan fingerprint density at radius 1 is 0.864 bits per heavy atom. The summed E-state index contributed by atoms with van der Waals surface area (Å²) in [7, 11) is 0. The van der Waals surface area contributed by atoms with Crippen molar-refractivity contribution >= 4 is 39.1 Å². The van der Waals surface area contributed by atoms with Crippen LogP contribution in [0.15, 0.2) is 40.9 Å². The van der Waals surface area contributed by atoms with E-state index in [9.17, 15) is 9.59 Å². The number of amides is 2. The molecule has 0 aromatic heterocycles. The summed E-state index contributed by atoms with van der Waals surface area (Å²) in [6.45, 7) is 5.72. The van der Waals surface area contributed by atoms with E-state index in [0.717, 1.165) is 21.2 Å². The molecular weight excluding hydrogens is 344 g/mol. The zero-order chi connectivity index (χ0) is 16.3. The van der Waals surface area contributed by atoms with Crippen molar-refractivity contribution in [3.05, 3.63) is 57.6 Å². The lowest BCUT2D eigenvalue weighted by Gasteiger charge is -2.11. The van der Waals surface area contributed by atoms with Crippen LogP contribution in [0.1, 0.15) is 16.7 Å². The molecule has 2 amide bonds. The molecule has 0 saturated heterocycles. The molecule has 0 spiro atoms. The lowest BCUT2D eigenvalue weighted by molar-refractivity contribution is -0.133. The largest absolute Gasteiger partial charge is 0.318 e. The number of aryl methyl sites for hydroxylation is 3. The van der Waals surface area contributed by atoms with Crippen molar-refractivity contribution in [2.45, 2.75) is 20.8 Å². The van der Waals surface area contributed by atoms with Crippen molar-refractivity contribution in [3.8, 4) is 0 Å². The van der Waals surface area contributed by atoms with Crippen LogP contribution in [0.5, 0.6) is 0 Å². The minimum Gasteiger partial charge on any atom is -0.318 e. The highest BCUT2D eigenvalue weighted by Crippen LogP contribution is 2.21. The fourth-order valence-corrected chi connectivity index (χ4v) is 2.42. The molecule has 0 aliphatic heterocycles. The Hall–Kier alpha value is -2.14. The molecule has 22 heavy (non-hydrogen) atoms. The third-order valence-corrected chi connectivity index (χ3v) is 4.21. The number of anilines is 2. The summed E-state index contributed by atoms with van der Waals surface area (Å²) in [5.41, 5.74) is 4.13. The van der Waals surface area contributed by atoms with Crippen LogP contribution in [-0.2, 0) is 9.59 Å². The van der Waals surface area contributed by atoms with Gasteiger partial charge in [-0.2, -0.15) is 0 Å². The third kappa shape index (κ3) is 3.74. The van der Waals surface area contributed by atoms with Gasteiger partial charge in [-0.1, -0.05) is 40.2 Å². The lowest BCUT2D eigenvalue weighted by atomic mass is 10.1. The van der Waals surface area contributed by atoms with Gasteiger partial charge in [0.15, 0.2) is 0 Å². The van der Waals surface area contributed by atoms with E-state index in [0.29, 0.717) is 11.4 Å². The maximum Gasteiger partial charge on any atom is 0.314 e. The zero-order valence-corrected chi connectivity index (χ0v) is 14.2.